The minimum Gasteiger partial charge on any atom is -0.355 e. The molecule has 0 aliphatic carbocycles. The molecule has 24 heavy (non-hydrogen) atoms. The van der Waals surface area contributed by atoms with Gasteiger partial charge in [0.15, 0.2) is 5.76 Å². The van der Waals surface area contributed by atoms with E-state index in [4.69, 9.17) is 16.1 Å². The second-order valence-electron chi connectivity index (χ2n) is 4.77. The highest BCUT2D eigenvalue weighted by atomic mass is 35.5. The van der Waals surface area contributed by atoms with Crippen LogP contribution >= 0.6 is 22.9 Å². The van der Waals surface area contributed by atoms with Crippen molar-refractivity contribution in [3.8, 4) is 10.6 Å². The van der Waals surface area contributed by atoms with E-state index in [9.17, 15) is 14.9 Å². The highest BCUT2D eigenvalue weighted by Gasteiger charge is 2.16. The molecule has 1 aromatic carbocycles. The molecule has 1 amide bonds. The average molecular weight is 364 g/mol. The Hall–Kier alpha value is -2.71. The van der Waals surface area contributed by atoms with Crippen molar-refractivity contribution in [2.75, 3.05) is 0 Å². The number of nitrogens with zero attached hydrogens (tertiary/aromatic N) is 2. The molecule has 2 aromatic heterocycles. The van der Waals surface area contributed by atoms with E-state index < -0.39 is 10.8 Å². The number of rotatable bonds is 5. The Bertz CT molecular complexity index is 892. The van der Waals surface area contributed by atoms with Gasteiger partial charge in [-0.25, -0.2) is 0 Å². The molecule has 7 nitrogen and oxygen atoms in total. The lowest BCUT2D eigenvalue weighted by atomic mass is 10.2. The number of nitro groups is 1. The molecule has 1 N–H and O–H groups in total. The first-order valence-corrected chi connectivity index (χ1v) is 8.02. The van der Waals surface area contributed by atoms with Crippen LogP contribution in [0.2, 0.25) is 5.02 Å². The van der Waals surface area contributed by atoms with E-state index >= 15 is 0 Å². The summed E-state index contributed by atoms with van der Waals surface area (Å²) in [6.07, 6.45) is 0. The number of benzene rings is 1. The summed E-state index contributed by atoms with van der Waals surface area (Å²) in [6.45, 7) is 0.143. The molecule has 0 radical (unpaired) electrons. The molecule has 0 spiro atoms. The molecule has 2 heterocycles. The summed E-state index contributed by atoms with van der Waals surface area (Å²) in [6, 6.07) is 9.41. The SMILES string of the molecule is O=C(NCc1cc(-c2cccs2)on1)c1ccc(Cl)c([N+](=O)[O-])c1. The average Bonchev–Trinajstić information content (AvgIpc) is 3.24. The van der Waals surface area contributed by atoms with Crippen LogP contribution in [-0.4, -0.2) is 16.0 Å². The maximum absolute atomic E-state index is 12.1. The summed E-state index contributed by atoms with van der Waals surface area (Å²) in [5.74, 6) is 0.159. The summed E-state index contributed by atoms with van der Waals surface area (Å²) in [5.41, 5.74) is 0.383. The fourth-order valence-electron chi connectivity index (χ4n) is 2.00. The summed E-state index contributed by atoms with van der Waals surface area (Å²) in [7, 11) is 0. The molecule has 3 aromatic rings. The number of hydrogen-bond acceptors (Lipinski definition) is 6. The van der Waals surface area contributed by atoms with E-state index in [0.717, 1.165) is 10.9 Å². The standard InChI is InChI=1S/C15H10ClN3O4S/c16-11-4-3-9(6-12(11)19(21)22)15(20)17-8-10-7-13(23-18-10)14-2-1-5-24-14/h1-7H,8H2,(H,17,20). The Kier molecular flexibility index (Phi) is 4.59. The van der Waals surface area contributed by atoms with Crippen molar-refractivity contribution in [3.63, 3.8) is 0 Å². The number of carbonyl (C=O) groups is 1. The first-order chi connectivity index (χ1) is 11.5. The lowest BCUT2D eigenvalue weighted by Gasteiger charge is -2.03. The number of amides is 1. The fourth-order valence-corrected chi connectivity index (χ4v) is 2.86. The van der Waals surface area contributed by atoms with Gasteiger partial charge in [0.05, 0.1) is 16.3 Å². The maximum Gasteiger partial charge on any atom is 0.288 e. The van der Waals surface area contributed by atoms with Crippen molar-refractivity contribution in [2.45, 2.75) is 6.54 Å². The van der Waals surface area contributed by atoms with Crippen molar-refractivity contribution in [3.05, 3.63) is 68.2 Å². The van der Waals surface area contributed by atoms with Crippen LogP contribution in [0, 0.1) is 10.1 Å². The van der Waals surface area contributed by atoms with Gasteiger partial charge < -0.3 is 9.84 Å². The van der Waals surface area contributed by atoms with Gasteiger partial charge in [0.25, 0.3) is 11.6 Å². The molecule has 0 saturated carbocycles. The van der Waals surface area contributed by atoms with Crippen molar-refractivity contribution < 1.29 is 14.2 Å². The highest BCUT2D eigenvalue weighted by molar-refractivity contribution is 7.13. The van der Waals surface area contributed by atoms with Gasteiger partial charge >= 0.3 is 0 Å². The van der Waals surface area contributed by atoms with Crippen molar-refractivity contribution >= 4 is 34.5 Å². The Morgan fingerprint density at radius 3 is 2.92 bits per heavy atom. The normalized spacial score (nSPS) is 10.5. The topological polar surface area (TPSA) is 98.3 Å². The molecule has 122 valence electrons. The second-order valence-corrected chi connectivity index (χ2v) is 6.12. The first-order valence-electron chi connectivity index (χ1n) is 6.76. The van der Waals surface area contributed by atoms with Crippen LogP contribution in [0.15, 0.2) is 46.3 Å². The van der Waals surface area contributed by atoms with Gasteiger partial charge in [-0.3, -0.25) is 14.9 Å². The van der Waals surface area contributed by atoms with E-state index in [-0.39, 0.29) is 22.8 Å². The second kappa shape index (κ2) is 6.81. The van der Waals surface area contributed by atoms with Crippen molar-refractivity contribution in [1.82, 2.24) is 10.5 Å². The molecule has 0 aliphatic rings. The quantitative estimate of drug-likeness (QED) is 0.547. The van der Waals surface area contributed by atoms with Crippen LogP contribution in [0.25, 0.3) is 10.6 Å². The Morgan fingerprint density at radius 2 is 2.21 bits per heavy atom. The molecular weight excluding hydrogens is 354 g/mol. The molecule has 0 atom stereocenters. The van der Waals surface area contributed by atoms with E-state index in [0.29, 0.717) is 11.5 Å². The van der Waals surface area contributed by atoms with Gasteiger partial charge in [-0.05, 0) is 23.6 Å². The third-order valence-corrected chi connectivity index (χ3v) is 4.36. The summed E-state index contributed by atoms with van der Waals surface area (Å²) < 4.78 is 5.22. The van der Waals surface area contributed by atoms with E-state index in [1.807, 2.05) is 17.5 Å². The molecule has 0 saturated heterocycles. The van der Waals surface area contributed by atoms with E-state index in [2.05, 4.69) is 10.5 Å². The molecule has 3 rings (SSSR count). The molecule has 0 fully saturated rings. The number of nitrogens with one attached hydrogen (secondary N) is 1. The Morgan fingerprint density at radius 1 is 1.38 bits per heavy atom. The highest BCUT2D eigenvalue weighted by Crippen LogP contribution is 2.26. The molecule has 9 heteroatoms. The number of nitro benzene ring substituents is 1. The number of hydrogen-bond donors (Lipinski definition) is 1. The summed E-state index contributed by atoms with van der Waals surface area (Å²) in [5, 5.41) is 19.3. The third kappa shape index (κ3) is 3.44. The molecule has 0 unspecified atom stereocenters. The van der Waals surface area contributed by atoms with Gasteiger partial charge in [0.2, 0.25) is 0 Å². The molecule has 0 bridgehead atoms. The number of carbonyl (C=O) groups excluding carboxylic acids is 1. The van der Waals surface area contributed by atoms with E-state index in [1.54, 1.807) is 6.07 Å². The fraction of sp³-hybridized carbons (Fsp3) is 0.0667. The largest absolute Gasteiger partial charge is 0.355 e. The summed E-state index contributed by atoms with van der Waals surface area (Å²) in [4.78, 5) is 23.3. The van der Waals surface area contributed by atoms with Gasteiger partial charge in [0, 0.05) is 17.7 Å². The van der Waals surface area contributed by atoms with Crippen LogP contribution in [-0.2, 0) is 6.54 Å². The van der Waals surface area contributed by atoms with Crippen LogP contribution < -0.4 is 5.32 Å². The predicted octanol–water partition coefficient (Wildman–Crippen LogP) is 3.89. The van der Waals surface area contributed by atoms with E-state index in [1.165, 1.54) is 23.5 Å². The minimum absolute atomic E-state index is 0.0198. The van der Waals surface area contributed by atoms with Crippen LogP contribution in [0.3, 0.4) is 0 Å². The zero-order valence-electron chi connectivity index (χ0n) is 12.1. The zero-order valence-corrected chi connectivity index (χ0v) is 13.6. The lowest BCUT2D eigenvalue weighted by Crippen LogP contribution is -2.23. The predicted molar refractivity (Wildman–Crippen MR) is 89.1 cm³/mol. The molecular formula is C15H10ClN3O4S. The van der Waals surface area contributed by atoms with Crippen LogP contribution in [0.1, 0.15) is 16.1 Å². The van der Waals surface area contributed by atoms with Crippen LogP contribution in [0.5, 0.6) is 0 Å². The zero-order chi connectivity index (χ0) is 17.1. The monoisotopic (exact) mass is 363 g/mol. The van der Waals surface area contributed by atoms with Gasteiger partial charge in [-0.2, -0.15) is 0 Å². The van der Waals surface area contributed by atoms with Gasteiger partial charge in [0.1, 0.15) is 10.7 Å². The van der Waals surface area contributed by atoms with Gasteiger partial charge in [-0.1, -0.05) is 22.8 Å². The Balaban J connectivity index is 1.68. The van der Waals surface area contributed by atoms with Gasteiger partial charge in [-0.15, -0.1) is 11.3 Å². The first kappa shape index (κ1) is 16.2. The number of thiophene rings is 1. The number of aromatic nitrogens is 1. The van der Waals surface area contributed by atoms with Crippen molar-refractivity contribution in [1.29, 1.82) is 0 Å². The van der Waals surface area contributed by atoms with Crippen molar-refractivity contribution in [2.24, 2.45) is 0 Å². The summed E-state index contributed by atoms with van der Waals surface area (Å²) >= 11 is 7.24. The minimum atomic E-state index is -0.635. The smallest absolute Gasteiger partial charge is 0.288 e. The molecule has 0 aliphatic heterocycles. The Labute approximate surface area is 145 Å². The maximum atomic E-state index is 12.1. The third-order valence-electron chi connectivity index (χ3n) is 3.16. The van der Waals surface area contributed by atoms with Crippen LogP contribution in [0.4, 0.5) is 5.69 Å². The lowest BCUT2D eigenvalue weighted by molar-refractivity contribution is -0.384. The number of halogens is 1.